The monoisotopic (exact) mass is 484 g/mol. The Labute approximate surface area is 186 Å². The average molecular weight is 484 g/mol. The molecule has 0 fully saturated rings. The van der Waals surface area contributed by atoms with Crippen LogP contribution in [0, 0.1) is 13.8 Å². The molecule has 1 atom stereocenters. The summed E-state index contributed by atoms with van der Waals surface area (Å²) in [6.07, 6.45) is -10.6. The normalized spacial score (nSPS) is 14.4. The van der Waals surface area contributed by atoms with Gasteiger partial charge in [0.25, 0.3) is 0 Å². The fourth-order valence-electron chi connectivity index (χ4n) is 2.48. The number of ether oxygens (including phenoxy) is 1. The number of hydrogen-bond acceptors (Lipinski definition) is 5. The first kappa shape index (κ1) is 28.2. The minimum Gasteiger partial charge on any atom is -0.463 e. The molecule has 0 radical (unpaired) electrons. The number of rotatable bonds is 9. The maximum atomic E-state index is 14.0. The van der Waals surface area contributed by atoms with Crippen molar-refractivity contribution in [3.05, 3.63) is 29.3 Å². The highest BCUT2D eigenvalue weighted by molar-refractivity contribution is 5.92. The number of amidine groups is 1. The number of carbonyl (C=O) groups excluding carboxylic acids is 2. The maximum absolute atomic E-state index is 14.0. The summed E-state index contributed by atoms with van der Waals surface area (Å²) in [7, 11) is 0. The van der Waals surface area contributed by atoms with E-state index < -0.39 is 48.8 Å². The van der Waals surface area contributed by atoms with E-state index in [-0.39, 0.29) is 12.1 Å². The van der Waals surface area contributed by atoms with E-state index in [0.717, 1.165) is 5.56 Å². The molecule has 3 N–H and O–H groups in total. The predicted octanol–water partition coefficient (Wildman–Crippen LogP) is 4.12. The zero-order valence-electron chi connectivity index (χ0n) is 18.5. The second-order valence-corrected chi connectivity index (χ2v) is 7.10. The van der Waals surface area contributed by atoms with Crippen LogP contribution in [0.2, 0.25) is 0 Å². The molecule has 1 aromatic carbocycles. The first-order chi connectivity index (χ1) is 15.2. The van der Waals surface area contributed by atoms with Gasteiger partial charge >= 0.3 is 24.0 Å². The molecule has 0 aliphatic carbocycles. The van der Waals surface area contributed by atoms with E-state index in [1.54, 1.807) is 20.8 Å². The van der Waals surface area contributed by atoms with Crippen molar-refractivity contribution >= 4 is 23.4 Å². The number of nitrogens with zero attached hydrogens (tertiary/aromatic N) is 1. The standard InChI is InChI=1S/C20H26F6N4O3/c1-5-7-8-15(31)28-18(20(24,25)26,17(32)33-6-2)30-29-16(19(21,22)23)27-14-10-9-12(3)13(4)11-14/h9-11,30H,5-8H2,1-4H3,(H,27,29)(H,28,31)/t18-/m1/s1. The van der Waals surface area contributed by atoms with E-state index in [2.05, 4.69) is 9.73 Å². The maximum Gasteiger partial charge on any atom is 0.450 e. The average Bonchev–Trinajstić information content (AvgIpc) is 2.69. The molecule has 186 valence electrons. The molecule has 0 heterocycles. The molecule has 0 saturated carbocycles. The van der Waals surface area contributed by atoms with Crippen LogP contribution in [0.4, 0.5) is 32.0 Å². The van der Waals surface area contributed by atoms with Gasteiger partial charge in [-0.3, -0.25) is 10.2 Å². The summed E-state index contributed by atoms with van der Waals surface area (Å²) in [6, 6.07) is 4.03. The number of aliphatic imine (C=N–C) groups is 1. The highest BCUT2D eigenvalue weighted by Crippen LogP contribution is 2.30. The Morgan fingerprint density at radius 1 is 1.03 bits per heavy atom. The van der Waals surface area contributed by atoms with Crippen LogP contribution in [0.5, 0.6) is 0 Å². The summed E-state index contributed by atoms with van der Waals surface area (Å²) >= 11 is 0. The van der Waals surface area contributed by atoms with Crippen LogP contribution < -0.4 is 16.2 Å². The van der Waals surface area contributed by atoms with E-state index in [0.29, 0.717) is 12.0 Å². The number of esters is 1. The van der Waals surface area contributed by atoms with Crippen molar-refractivity contribution in [3.8, 4) is 0 Å². The van der Waals surface area contributed by atoms with Crippen LogP contribution in [-0.4, -0.2) is 42.3 Å². The van der Waals surface area contributed by atoms with E-state index in [1.807, 2.05) is 0 Å². The molecule has 0 aliphatic rings. The highest BCUT2D eigenvalue weighted by atomic mass is 19.4. The van der Waals surface area contributed by atoms with Gasteiger partial charge in [0.05, 0.1) is 12.3 Å². The lowest BCUT2D eigenvalue weighted by Gasteiger charge is -2.35. The van der Waals surface area contributed by atoms with Crippen molar-refractivity contribution in [3.63, 3.8) is 0 Å². The van der Waals surface area contributed by atoms with E-state index >= 15 is 0 Å². The first-order valence-corrected chi connectivity index (χ1v) is 9.99. The molecule has 33 heavy (non-hydrogen) atoms. The van der Waals surface area contributed by atoms with Crippen molar-refractivity contribution in [2.75, 3.05) is 6.61 Å². The molecule has 1 rings (SSSR count). The summed E-state index contributed by atoms with van der Waals surface area (Å²) in [6.45, 7) is 5.69. The highest BCUT2D eigenvalue weighted by Gasteiger charge is 2.64. The van der Waals surface area contributed by atoms with Crippen LogP contribution in [-0.2, 0) is 14.3 Å². The van der Waals surface area contributed by atoms with E-state index in [4.69, 9.17) is 0 Å². The number of aryl methyl sites for hydroxylation is 2. The Hall–Kier alpha value is -2.83. The molecule has 0 aromatic heterocycles. The lowest BCUT2D eigenvalue weighted by atomic mass is 10.1. The number of hydrazine groups is 1. The third kappa shape index (κ3) is 7.62. The van der Waals surface area contributed by atoms with Crippen LogP contribution in [0.3, 0.4) is 0 Å². The lowest BCUT2D eigenvalue weighted by molar-refractivity contribution is -0.223. The SMILES string of the molecule is CCCCC(=O)N[C@@](NNC(=Nc1ccc(C)c(C)c1)C(F)(F)F)(C(=O)OCC)C(F)(F)F. The van der Waals surface area contributed by atoms with Gasteiger partial charge in [-0.25, -0.2) is 9.79 Å². The topological polar surface area (TPSA) is 91.8 Å². The Morgan fingerprint density at radius 3 is 2.15 bits per heavy atom. The van der Waals surface area contributed by atoms with Gasteiger partial charge in [-0.1, -0.05) is 19.4 Å². The molecule has 0 unspecified atom stereocenters. The van der Waals surface area contributed by atoms with Crippen LogP contribution >= 0.6 is 0 Å². The molecule has 1 aromatic rings. The van der Waals surface area contributed by atoms with Crippen molar-refractivity contribution in [1.82, 2.24) is 16.2 Å². The molecule has 13 heteroatoms. The zero-order chi connectivity index (χ0) is 25.4. The number of alkyl halides is 6. The van der Waals surface area contributed by atoms with Gasteiger partial charge in [-0.15, -0.1) is 0 Å². The third-order valence-corrected chi connectivity index (χ3v) is 4.46. The Balaban J connectivity index is 3.42. The molecule has 1 amide bonds. The van der Waals surface area contributed by atoms with Gasteiger partial charge in [0.2, 0.25) is 11.7 Å². The second kappa shape index (κ2) is 11.3. The molecule has 0 aliphatic heterocycles. The lowest BCUT2D eigenvalue weighted by Crippen LogP contribution is -2.76. The number of carbonyl (C=O) groups is 2. The van der Waals surface area contributed by atoms with Crippen LogP contribution in [0.15, 0.2) is 23.2 Å². The quantitative estimate of drug-likeness (QED) is 0.123. The minimum absolute atomic E-state index is 0.193. The Kier molecular flexibility index (Phi) is 9.70. The Bertz CT molecular complexity index is 870. The largest absolute Gasteiger partial charge is 0.463 e. The number of hydrogen-bond donors (Lipinski definition) is 3. The number of nitrogens with one attached hydrogen (secondary N) is 3. The van der Waals surface area contributed by atoms with Gasteiger partial charge in [-0.2, -0.15) is 31.8 Å². The minimum atomic E-state index is -5.58. The van der Waals surface area contributed by atoms with Crippen molar-refractivity contribution < 1.29 is 40.7 Å². The fraction of sp³-hybridized carbons (Fsp3) is 0.550. The molecule has 7 nitrogen and oxygen atoms in total. The molecular weight excluding hydrogens is 458 g/mol. The number of halogens is 6. The van der Waals surface area contributed by atoms with Crippen molar-refractivity contribution in [1.29, 1.82) is 0 Å². The molecular formula is C20H26F6N4O3. The van der Waals surface area contributed by atoms with E-state index in [1.165, 1.54) is 41.3 Å². The zero-order valence-corrected chi connectivity index (χ0v) is 18.5. The van der Waals surface area contributed by atoms with Gasteiger partial charge in [0.1, 0.15) is 0 Å². The Morgan fingerprint density at radius 2 is 1.67 bits per heavy atom. The van der Waals surface area contributed by atoms with Crippen LogP contribution in [0.25, 0.3) is 0 Å². The van der Waals surface area contributed by atoms with Gasteiger partial charge < -0.3 is 10.1 Å². The summed E-state index contributed by atoms with van der Waals surface area (Å²) in [5.74, 6) is -5.12. The second-order valence-electron chi connectivity index (χ2n) is 7.10. The summed E-state index contributed by atoms with van der Waals surface area (Å²) in [5.41, 5.74) is -0.208. The van der Waals surface area contributed by atoms with Gasteiger partial charge in [0, 0.05) is 6.42 Å². The summed E-state index contributed by atoms with van der Waals surface area (Å²) < 4.78 is 86.9. The predicted molar refractivity (Wildman–Crippen MR) is 108 cm³/mol. The third-order valence-electron chi connectivity index (χ3n) is 4.46. The smallest absolute Gasteiger partial charge is 0.450 e. The van der Waals surface area contributed by atoms with Crippen LogP contribution in [0.1, 0.15) is 44.2 Å². The van der Waals surface area contributed by atoms with Gasteiger partial charge in [-0.05, 0) is 50.5 Å². The number of benzene rings is 1. The van der Waals surface area contributed by atoms with Crippen molar-refractivity contribution in [2.24, 2.45) is 4.99 Å². The summed E-state index contributed by atoms with van der Waals surface area (Å²) in [5, 5.41) is 1.44. The molecule has 0 saturated heterocycles. The number of unbranched alkanes of at least 4 members (excludes halogenated alkanes) is 1. The number of amides is 1. The first-order valence-electron chi connectivity index (χ1n) is 9.99. The van der Waals surface area contributed by atoms with Crippen molar-refractivity contribution in [2.45, 2.75) is 65.0 Å². The molecule has 0 spiro atoms. The molecule has 0 bridgehead atoms. The van der Waals surface area contributed by atoms with E-state index in [9.17, 15) is 35.9 Å². The fourth-order valence-corrected chi connectivity index (χ4v) is 2.48. The van der Waals surface area contributed by atoms with Gasteiger partial charge in [0.15, 0.2) is 0 Å². The summed E-state index contributed by atoms with van der Waals surface area (Å²) in [4.78, 5) is 27.6.